The summed E-state index contributed by atoms with van der Waals surface area (Å²) in [4.78, 5) is 4.17. The molecule has 1 aliphatic heterocycles. The quantitative estimate of drug-likeness (QED) is 0.862. The van der Waals surface area contributed by atoms with Gasteiger partial charge in [-0.25, -0.2) is 0 Å². The van der Waals surface area contributed by atoms with E-state index in [0.717, 1.165) is 24.1 Å². The van der Waals surface area contributed by atoms with Crippen LogP contribution >= 0.6 is 11.3 Å². The highest BCUT2D eigenvalue weighted by atomic mass is 32.1. The van der Waals surface area contributed by atoms with Crippen LogP contribution in [-0.2, 0) is 6.54 Å². The lowest BCUT2D eigenvalue weighted by Gasteiger charge is -2.44. The second-order valence-corrected chi connectivity index (χ2v) is 7.30. The van der Waals surface area contributed by atoms with E-state index < -0.39 is 0 Å². The largest absolute Gasteiger partial charge is 0.395 e. The van der Waals surface area contributed by atoms with Crippen LogP contribution in [0.4, 0.5) is 0 Å². The van der Waals surface area contributed by atoms with Crippen LogP contribution in [0.25, 0.3) is 0 Å². The molecule has 0 amide bonds. The van der Waals surface area contributed by atoms with Crippen molar-refractivity contribution < 1.29 is 5.11 Å². The first-order valence-electron chi connectivity index (χ1n) is 8.28. The minimum absolute atomic E-state index is 0.154. The molecule has 1 saturated heterocycles. The lowest BCUT2D eigenvalue weighted by molar-refractivity contribution is 0.0555. The molecule has 2 aliphatic rings. The fourth-order valence-electron chi connectivity index (χ4n) is 3.87. The average Bonchev–Trinajstić information content (AvgIpc) is 2.96. The van der Waals surface area contributed by atoms with Gasteiger partial charge < -0.3 is 5.11 Å². The normalized spacial score (nSPS) is 26.0. The molecule has 114 valence electrons. The lowest BCUT2D eigenvalue weighted by Crippen LogP contribution is -2.46. The number of piperidine rings is 1. The molecule has 2 atom stereocenters. The Morgan fingerprint density at radius 1 is 1.24 bits per heavy atom. The molecule has 2 nitrogen and oxygen atoms in total. The summed E-state index contributed by atoms with van der Waals surface area (Å²) < 4.78 is 0. The maximum atomic E-state index is 8.77. The molecule has 1 N–H and O–H groups in total. The zero-order valence-corrected chi connectivity index (χ0v) is 13.5. The van der Waals surface area contributed by atoms with Gasteiger partial charge in [0.1, 0.15) is 0 Å². The smallest absolute Gasteiger partial charge is 0.0540 e. The van der Waals surface area contributed by atoms with Crippen molar-refractivity contribution in [2.24, 2.45) is 5.92 Å². The van der Waals surface area contributed by atoms with Gasteiger partial charge in [-0.2, -0.15) is 0 Å². The number of aliphatic hydroxyl groups is 1. The van der Waals surface area contributed by atoms with Gasteiger partial charge in [-0.3, -0.25) is 4.90 Å². The number of likely N-dealkylation sites (tertiary alicyclic amines) is 1. The van der Waals surface area contributed by atoms with Crippen molar-refractivity contribution in [1.82, 2.24) is 4.90 Å². The van der Waals surface area contributed by atoms with E-state index in [4.69, 9.17) is 5.11 Å². The summed E-state index contributed by atoms with van der Waals surface area (Å²) in [5.74, 6) is 7.10. The minimum Gasteiger partial charge on any atom is -0.395 e. The second kappa shape index (κ2) is 7.45. The highest BCUT2D eigenvalue weighted by Crippen LogP contribution is 2.36. The fraction of sp³-hybridized carbons (Fsp3) is 0.667. The van der Waals surface area contributed by atoms with Gasteiger partial charge in [-0.05, 0) is 44.2 Å². The molecule has 3 heteroatoms. The fourth-order valence-corrected chi connectivity index (χ4v) is 4.71. The highest BCUT2D eigenvalue weighted by Gasteiger charge is 2.33. The molecule has 1 aliphatic carbocycles. The first kappa shape index (κ1) is 15.1. The molecule has 2 fully saturated rings. The third-order valence-electron chi connectivity index (χ3n) is 4.84. The van der Waals surface area contributed by atoms with E-state index in [1.54, 1.807) is 0 Å². The molecule has 1 saturated carbocycles. The number of hydrogen-bond donors (Lipinski definition) is 1. The van der Waals surface area contributed by atoms with Gasteiger partial charge >= 0.3 is 0 Å². The zero-order chi connectivity index (χ0) is 14.5. The molecule has 3 rings (SSSR count). The molecular weight excluding hydrogens is 278 g/mol. The van der Waals surface area contributed by atoms with Crippen LogP contribution < -0.4 is 0 Å². The standard InChI is InChI=1S/C18H25NOS/c20-11-4-3-6-15-12-17(21-14-15)13-19-10-5-8-16-7-1-2-9-18(16)19/h12,14,16,18,20H,1-2,4-5,7-11,13H2. The summed E-state index contributed by atoms with van der Waals surface area (Å²) in [6, 6.07) is 3.07. The van der Waals surface area contributed by atoms with E-state index in [1.807, 2.05) is 11.3 Å². The van der Waals surface area contributed by atoms with Crippen molar-refractivity contribution >= 4 is 11.3 Å². The monoisotopic (exact) mass is 303 g/mol. The van der Waals surface area contributed by atoms with Gasteiger partial charge in [-0.15, -0.1) is 11.3 Å². The summed E-state index contributed by atoms with van der Waals surface area (Å²) in [7, 11) is 0. The van der Waals surface area contributed by atoms with Gasteiger partial charge in [0.2, 0.25) is 0 Å². The van der Waals surface area contributed by atoms with Gasteiger partial charge in [0.25, 0.3) is 0 Å². The molecule has 0 radical (unpaired) electrons. The SMILES string of the molecule is OCCC#Cc1csc(CN2CCCC3CCCCC32)c1. The number of aliphatic hydroxyl groups excluding tert-OH is 1. The minimum atomic E-state index is 0.154. The van der Waals surface area contributed by atoms with Crippen molar-refractivity contribution in [2.45, 2.75) is 57.5 Å². The van der Waals surface area contributed by atoms with Crippen molar-refractivity contribution in [3.8, 4) is 11.8 Å². The Morgan fingerprint density at radius 3 is 3.00 bits per heavy atom. The van der Waals surface area contributed by atoms with Crippen LogP contribution in [0.2, 0.25) is 0 Å². The van der Waals surface area contributed by atoms with Crippen molar-refractivity contribution in [3.63, 3.8) is 0 Å². The number of fused-ring (bicyclic) bond motifs is 1. The van der Waals surface area contributed by atoms with Crippen molar-refractivity contribution in [3.05, 3.63) is 21.9 Å². The summed E-state index contributed by atoms with van der Waals surface area (Å²) in [5, 5.41) is 10.9. The van der Waals surface area contributed by atoms with Crippen LogP contribution in [-0.4, -0.2) is 29.2 Å². The van der Waals surface area contributed by atoms with Crippen LogP contribution in [0.15, 0.2) is 11.4 Å². The van der Waals surface area contributed by atoms with Gasteiger partial charge in [0.05, 0.1) is 6.61 Å². The van der Waals surface area contributed by atoms with Crippen LogP contribution in [0.3, 0.4) is 0 Å². The molecule has 2 unspecified atom stereocenters. The molecule has 0 bridgehead atoms. The molecule has 21 heavy (non-hydrogen) atoms. The van der Waals surface area contributed by atoms with Gasteiger partial charge in [0, 0.05) is 34.8 Å². The summed E-state index contributed by atoms with van der Waals surface area (Å²) in [6.07, 6.45) is 9.10. The van der Waals surface area contributed by atoms with E-state index in [2.05, 4.69) is 28.2 Å². The average molecular weight is 303 g/mol. The third kappa shape index (κ3) is 3.88. The predicted octanol–water partition coefficient (Wildman–Crippen LogP) is 3.64. The first-order chi connectivity index (χ1) is 10.4. The van der Waals surface area contributed by atoms with E-state index in [1.165, 1.54) is 49.9 Å². The zero-order valence-electron chi connectivity index (χ0n) is 12.7. The van der Waals surface area contributed by atoms with Crippen LogP contribution in [0.5, 0.6) is 0 Å². The van der Waals surface area contributed by atoms with E-state index in [-0.39, 0.29) is 6.61 Å². The number of nitrogens with zero attached hydrogens (tertiary/aromatic N) is 1. The van der Waals surface area contributed by atoms with Gasteiger partial charge in [-0.1, -0.05) is 24.7 Å². The molecule has 2 heterocycles. The number of hydrogen-bond acceptors (Lipinski definition) is 3. The summed E-state index contributed by atoms with van der Waals surface area (Å²) in [5.41, 5.74) is 1.11. The second-order valence-electron chi connectivity index (χ2n) is 6.30. The van der Waals surface area contributed by atoms with E-state index in [9.17, 15) is 0 Å². The molecule has 0 aromatic carbocycles. The number of thiophene rings is 1. The Kier molecular flexibility index (Phi) is 5.35. The Bertz CT molecular complexity index is 511. The Hall–Kier alpha value is -0.820. The maximum absolute atomic E-state index is 8.77. The molecular formula is C18H25NOS. The van der Waals surface area contributed by atoms with E-state index >= 15 is 0 Å². The molecule has 1 aromatic heterocycles. The topological polar surface area (TPSA) is 23.5 Å². The van der Waals surface area contributed by atoms with Crippen LogP contribution in [0.1, 0.15) is 55.4 Å². The molecule has 0 spiro atoms. The Labute approximate surface area is 132 Å². The summed E-state index contributed by atoms with van der Waals surface area (Å²) >= 11 is 1.83. The van der Waals surface area contributed by atoms with Crippen molar-refractivity contribution in [1.29, 1.82) is 0 Å². The maximum Gasteiger partial charge on any atom is 0.0540 e. The first-order valence-corrected chi connectivity index (χ1v) is 9.16. The molecule has 1 aromatic rings. The number of rotatable bonds is 3. The van der Waals surface area contributed by atoms with Crippen LogP contribution in [0, 0.1) is 17.8 Å². The predicted molar refractivity (Wildman–Crippen MR) is 88.3 cm³/mol. The van der Waals surface area contributed by atoms with Crippen molar-refractivity contribution in [2.75, 3.05) is 13.2 Å². The Morgan fingerprint density at radius 2 is 2.10 bits per heavy atom. The third-order valence-corrected chi connectivity index (χ3v) is 5.76. The highest BCUT2D eigenvalue weighted by molar-refractivity contribution is 7.10. The van der Waals surface area contributed by atoms with Gasteiger partial charge in [0.15, 0.2) is 0 Å². The summed E-state index contributed by atoms with van der Waals surface area (Å²) in [6.45, 7) is 2.53. The van der Waals surface area contributed by atoms with E-state index in [0.29, 0.717) is 6.42 Å². The Balaban J connectivity index is 1.62. The lowest BCUT2D eigenvalue weighted by atomic mass is 9.78.